The highest BCUT2D eigenvalue weighted by atomic mass is 16.5. The number of hydrogen-bond donors (Lipinski definition) is 3. The zero-order valence-electron chi connectivity index (χ0n) is 9.54. The number of hydrazine groups is 1. The fourth-order valence-electron chi connectivity index (χ4n) is 1.22. The van der Waals surface area contributed by atoms with Gasteiger partial charge in [-0.05, 0) is 18.6 Å². The van der Waals surface area contributed by atoms with Crippen molar-refractivity contribution < 1.29 is 9.53 Å². The Labute approximate surface area is 94.9 Å². The molecular formula is C11H17N3O2. The number of rotatable bonds is 5. The van der Waals surface area contributed by atoms with Gasteiger partial charge in [-0.15, -0.1) is 0 Å². The minimum atomic E-state index is -0.0432. The molecule has 4 N–H and O–H groups in total. The van der Waals surface area contributed by atoms with E-state index < -0.39 is 0 Å². The zero-order chi connectivity index (χ0) is 12.0. The van der Waals surface area contributed by atoms with Gasteiger partial charge in [0.15, 0.2) is 0 Å². The second kappa shape index (κ2) is 5.85. The summed E-state index contributed by atoms with van der Waals surface area (Å²) in [7, 11) is 1.55. The average molecular weight is 223 g/mol. The molecular weight excluding hydrogens is 206 g/mol. The predicted molar refractivity (Wildman–Crippen MR) is 64.1 cm³/mol. The van der Waals surface area contributed by atoms with Crippen LogP contribution in [-0.4, -0.2) is 13.0 Å². The lowest BCUT2D eigenvalue weighted by Crippen LogP contribution is -2.28. The molecule has 1 aromatic rings. The summed E-state index contributed by atoms with van der Waals surface area (Å²) in [6.07, 6.45) is 1.32. The molecule has 1 rings (SSSR count). The molecule has 0 heterocycles. The van der Waals surface area contributed by atoms with E-state index in [2.05, 4.69) is 10.9 Å². The van der Waals surface area contributed by atoms with Crippen LogP contribution in [0, 0.1) is 0 Å². The Kier molecular flexibility index (Phi) is 4.44. The van der Waals surface area contributed by atoms with Crippen molar-refractivity contribution >= 4 is 17.3 Å². The number of nitrogen functional groups attached to an aromatic ring is 1. The minimum Gasteiger partial charge on any atom is -0.495 e. The number of nitrogens with two attached hydrogens (primary N) is 1. The Morgan fingerprint density at radius 1 is 1.50 bits per heavy atom. The standard InChI is InChI=1S/C11H17N3O2/c1-3-4-11(15)14-13-8-5-6-9(12)10(7-8)16-2/h5-7,13H,3-4,12H2,1-2H3,(H,14,15). The number of carbonyl (C=O) groups is 1. The molecule has 5 heteroatoms. The Hall–Kier alpha value is -1.91. The van der Waals surface area contributed by atoms with Gasteiger partial charge in [-0.3, -0.25) is 15.6 Å². The molecule has 1 amide bonds. The van der Waals surface area contributed by atoms with Crippen molar-refractivity contribution in [1.82, 2.24) is 5.43 Å². The van der Waals surface area contributed by atoms with E-state index >= 15 is 0 Å². The lowest BCUT2D eigenvalue weighted by atomic mass is 10.2. The SMILES string of the molecule is CCCC(=O)NNc1ccc(N)c(OC)c1. The molecule has 1 aromatic carbocycles. The molecule has 16 heavy (non-hydrogen) atoms. The smallest absolute Gasteiger partial charge is 0.238 e. The topological polar surface area (TPSA) is 76.4 Å². The molecule has 0 aromatic heterocycles. The first-order valence-corrected chi connectivity index (χ1v) is 5.15. The third-order valence-electron chi connectivity index (χ3n) is 2.06. The highest BCUT2D eigenvalue weighted by Crippen LogP contribution is 2.24. The molecule has 0 aliphatic rings. The Morgan fingerprint density at radius 2 is 2.25 bits per heavy atom. The van der Waals surface area contributed by atoms with Crippen LogP contribution in [0.15, 0.2) is 18.2 Å². The van der Waals surface area contributed by atoms with Crippen LogP contribution >= 0.6 is 0 Å². The molecule has 0 unspecified atom stereocenters. The van der Waals surface area contributed by atoms with Crippen LogP contribution in [-0.2, 0) is 4.79 Å². The zero-order valence-corrected chi connectivity index (χ0v) is 9.54. The Balaban J connectivity index is 2.57. The number of hydrogen-bond acceptors (Lipinski definition) is 4. The fraction of sp³-hybridized carbons (Fsp3) is 0.364. The first-order valence-electron chi connectivity index (χ1n) is 5.15. The summed E-state index contributed by atoms with van der Waals surface area (Å²) in [5.41, 5.74) is 12.3. The van der Waals surface area contributed by atoms with Crippen LogP contribution in [0.2, 0.25) is 0 Å². The van der Waals surface area contributed by atoms with Crippen molar-refractivity contribution in [3.8, 4) is 5.75 Å². The second-order valence-electron chi connectivity index (χ2n) is 3.38. The van der Waals surface area contributed by atoms with Gasteiger partial charge in [-0.2, -0.15) is 0 Å². The first-order chi connectivity index (χ1) is 7.67. The number of anilines is 2. The summed E-state index contributed by atoms with van der Waals surface area (Å²) < 4.78 is 5.06. The van der Waals surface area contributed by atoms with Gasteiger partial charge in [0.05, 0.1) is 18.5 Å². The van der Waals surface area contributed by atoms with Gasteiger partial charge in [0.25, 0.3) is 0 Å². The maximum atomic E-state index is 11.2. The van der Waals surface area contributed by atoms with E-state index in [4.69, 9.17) is 10.5 Å². The lowest BCUT2D eigenvalue weighted by Gasteiger charge is -2.10. The van der Waals surface area contributed by atoms with Gasteiger partial charge in [0.1, 0.15) is 5.75 Å². The van der Waals surface area contributed by atoms with Crippen molar-refractivity contribution in [2.45, 2.75) is 19.8 Å². The summed E-state index contributed by atoms with van der Waals surface area (Å²) in [5.74, 6) is 0.535. The number of amides is 1. The van der Waals surface area contributed by atoms with E-state index in [0.717, 1.165) is 12.1 Å². The summed E-state index contributed by atoms with van der Waals surface area (Å²) in [6.45, 7) is 1.95. The maximum Gasteiger partial charge on any atom is 0.238 e. The van der Waals surface area contributed by atoms with E-state index in [0.29, 0.717) is 17.9 Å². The molecule has 88 valence electrons. The van der Waals surface area contributed by atoms with Gasteiger partial charge in [-0.25, -0.2) is 0 Å². The van der Waals surface area contributed by atoms with Crippen molar-refractivity contribution in [3.63, 3.8) is 0 Å². The van der Waals surface area contributed by atoms with E-state index in [1.165, 1.54) is 0 Å². The molecule has 0 spiro atoms. The molecule has 0 saturated heterocycles. The number of nitrogens with one attached hydrogen (secondary N) is 2. The predicted octanol–water partition coefficient (Wildman–Crippen LogP) is 1.52. The number of carbonyl (C=O) groups excluding carboxylic acids is 1. The molecule has 0 aliphatic heterocycles. The lowest BCUT2D eigenvalue weighted by molar-refractivity contribution is -0.120. The van der Waals surface area contributed by atoms with Crippen LogP contribution in [0.3, 0.4) is 0 Å². The highest BCUT2D eigenvalue weighted by molar-refractivity contribution is 5.77. The molecule has 0 saturated carbocycles. The largest absolute Gasteiger partial charge is 0.495 e. The van der Waals surface area contributed by atoms with Gasteiger partial charge in [0, 0.05) is 12.5 Å². The Morgan fingerprint density at radius 3 is 2.88 bits per heavy atom. The van der Waals surface area contributed by atoms with Crippen LogP contribution < -0.4 is 21.3 Å². The van der Waals surface area contributed by atoms with Crippen molar-refractivity contribution in [1.29, 1.82) is 0 Å². The molecule has 0 bridgehead atoms. The van der Waals surface area contributed by atoms with Gasteiger partial charge in [0.2, 0.25) is 5.91 Å². The third kappa shape index (κ3) is 3.34. The van der Waals surface area contributed by atoms with Crippen LogP contribution in [0.25, 0.3) is 0 Å². The minimum absolute atomic E-state index is 0.0432. The maximum absolute atomic E-state index is 11.2. The monoisotopic (exact) mass is 223 g/mol. The van der Waals surface area contributed by atoms with E-state index in [-0.39, 0.29) is 5.91 Å². The van der Waals surface area contributed by atoms with Crippen molar-refractivity contribution in [2.75, 3.05) is 18.3 Å². The summed E-state index contributed by atoms with van der Waals surface area (Å²) in [5, 5.41) is 0. The van der Waals surface area contributed by atoms with Crippen LogP contribution in [0.1, 0.15) is 19.8 Å². The number of benzene rings is 1. The Bertz CT molecular complexity index is 366. The second-order valence-corrected chi connectivity index (χ2v) is 3.38. The normalized spacial score (nSPS) is 9.62. The fourth-order valence-corrected chi connectivity index (χ4v) is 1.22. The summed E-state index contributed by atoms with van der Waals surface area (Å²) in [6, 6.07) is 5.21. The molecule has 0 aliphatic carbocycles. The molecule has 0 radical (unpaired) electrons. The average Bonchev–Trinajstić information content (AvgIpc) is 2.28. The van der Waals surface area contributed by atoms with Gasteiger partial charge < -0.3 is 10.5 Å². The summed E-state index contributed by atoms with van der Waals surface area (Å²) in [4.78, 5) is 11.2. The first kappa shape index (κ1) is 12.2. The van der Waals surface area contributed by atoms with Gasteiger partial charge >= 0.3 is 0 Å². The molecule has 0 atom stereocenters. The van der Waals surface area contributed by atoms with Crippen LogP contribution in [0.5, 0.6) is 5.75 Å². The highest BCUT2D eigenvalue weighted by Gasteiger charge is 2.02. The number of methoxy groups -OCH3 is 1. The van der Waals surface area contributed by atoms with E-state index in [1.54, 1.807) is 25.3 Å². The van der Waals surface area contributed by atoms with Crippen molar-refractivity contribution in [2.24, 2.45) is 0 Å². The van der Waals surface area contributed by atoms with E-state index in [1.807, 2.05) is 6.92 Å². The van der Waals surface area contributed by atoms with Crippen LogP contribution in [0.4, 0.5) is 11.4 Å². The number of ether oxygens (including phenoxy) is 1. The van der Waals surface area contributed by atoms with Crippen molar-refractivity contribution in [3.05, 3.63) is 18.2 Å². The third-order valence-corrected chi connectivity index (χ3v) is 2.06. The quantitative estimate of drug-likeness (QED) is 0.522. The molecule has 0 fully saturated rings. The summed E-state index contributed by atoms with van der Waals surface area (Å²) >= 11 is 0. The van der Waals surface area contributed by atoms with E-state index in [9.17, 15) is 4.79 Å². The van der Waals surface area contributed by atoms with Gasteiger partial charge in [-0.1, -0.05) is 6.92 Å². The molecule has 5 nitrogen and oxygen atoms in total.